The summed E-state index contributed by atoms with van der Waals surface area (Å²) in [6.07, 6.45) is 5.05. The van der Waals surface area contributed by atoms with Crippen molar-refractivity contribution in [3.8, 4) is 0 Å². The lowest BCUT2D eigenvalue weighted by molar-refractivity contribution is -0.116. The maximum Gasteiger partial charge on any atom is 0.223 e. The minimum absolute atomic E-state index is 0.0443. The van der Waals surface area contributed by atoms with Crippen LogP contribution in [0.2, 0.25) is 0 Å². The third kappa shape index (κ3) is 2.07. The normalized spacial score (nSPS) is 29.1. The third-order valence-electron chi connectivity index (χ3n) is 4.56. The van der Waals surface area contributed by atoms with Crippen LogP contribution in [0.4, 0.5) is 0 Å². The lowest BCUT2D eigenvalue weighted by Gasteiger charge is -2.43. The minimum Gasteiger partial charge on any atom is -0.369 e. The Hall–Kier alpha value is -1.64. The van der Waals surface area contributed by atoms with Gasteiger partial charge in [-0.3, -0.25) is 9.79 Å². The van der Waals surface area contributed by atoms with Crippen LogP contribution in [0.5, 0.6) is 0 Å². The fourth-order valence-corrected chi connectivity index (χ4v) is 3.67. The summed E-state index contributed by atoms with van der Waals surface area (Å²) in [5.74, 6) is 0.195. The van der Waals surface area contributed by atoms with Crippen molar-refractivity contribution in [3.63, 3.8) is 0 Å². The molecule has 1 heterocycles. The van der Waals surface area contributed by atoms with Crippen LogP contribution in [0.3, 0.4) is 0 Å². The average Bonchev–Trinajstić information content (AvgIpc) is 2.37. The number of nitrogens with two attached hydrogens (primary N) is 1. The maximum atomic E-state index is 11.3. The molecular weight excluding hydrogens is 236 g/mol. The smallest absolute Gasteiger partial charge is 0.223 e. The highest BCUT2D eigenvalue weighted by Crippen LogP contribution is 2.47. The number of amides is 1. The number of hydrogen-bond acceptors (Lipinski definition) is 2. The molecule has 1 saturated carbocycles. The quantitative estimate of drug-likeness (QED) is 0.869. The van der Waals surface area contributed by atoms with Crippen molar-refractivity contribution in [2.45, 2.75) is 50.5 Å². The van der Waals surface area contributed by atoms with Crippen LogP contribution in [0.1, 0.15) is 56.1 Å². The van der Waals surface area contributed by atoms with Gasteiger partial charge in [0.2, 0.25) is 5.91 Å². The Kier molecular flexibility index (Phi) is 2.92. The predicted octanol–water partition coefficient (Wildman–Crippen LogP) is 2.78. The number of primary amides is 1. The zero-order valence-corrected chi connectivity index (χ0v) is 11.4. The molecule has 1 aliphatic carbocycles. The van der Waals surface area contributed by atoms with Crippen LogP contribution >= 0.6 is 0 Å². The van der Waals surface area contributed by atoms with E-state index in [1.54, 1.807) is 0 Å². The van der Waals surface area contributed by atoms with Gasteiger partial charge in [0.15, 0.2) is 0 Å². The monoisotopic (exact) mass is 256 g/mol. The summed E-state index contributed by atoms with van der Waals surface area (Å²) in [4.78, 5) is 16.2. The molecule has 1 aliphatic heterocycles. The summed E-state index contributed by atoms with van der Waals surface area (Å²) in [5, 5.41) is 0. The van der Waals surface area contributed by atoms with Gasteiger partial charge in [0, 0.05) is 5.92 Å². The van der Waals surface area contributed by atoms with Gasteiger partial charge in [-0.05, 0) is 30.9 Å². The van der Waals surface area contributed by atoms with Crippen LogP contribution < -0.4 is 5.73 Å². The summed E-state index contributed by atoms with van der Waals surface area (Å²) in [5.41, 5.74) is 8.69. The van der Waals surface area contributed by atoms with Crippen LogP contribution in [-0.4, -0.2) is 17.2 Å². The highest BCUT2D eigenvalue weighted by Gasteiger charge is 2.41. The molecule has 0 bridgehead atoms. The third-order valence-corrected chi connectivity index (χ3v) is 4.56. The summed E-state index contributed by atoms with van der Waals surface area (Å²) < 4.78 is 0. The highest BCUT2D eigenvalue weighted by molar-refractivity contribution is 6.11. The predicted molar refractivity (Wildman–Crippen MR) is 76.4 cm³/mol. The van der Waals surface area contributed by atoms with E-state index in [0.29, 0.717) is 5.92 Å². The van der Waals surface area contributed by atoms with E-state index in [9.17, 15) is 4.79 Å². The molecule has 0 unspecified atom stereocenters. The van der Waals surface area contributed by atoms with E-state index < -0.39 is 0 Å². The van der Waals surface area contributed by atoms with Gasteiger partial charge in [-0.15, -0.1) is 0 Å². The molecule has 1 aromatic carbocycles. The summed E-state index contributed by atoms with van der Waals surface area (Å²) >= 11 is 0. The summed E-state index contributed by atoms with van der Waals surface area (Å²) in [6, 6.07) is 8.37. The van der Waals surface area contributed by atoms with Crippen LogP contribution in [0, 0.1) is 0 Å². The Morgan fingerprint density at radius 3 is 3.00 bits per heavy atom. The standard InChI is InChI=1S/C16H20N2O/c1-16-9-5-4-8-13(16)11-6-2-3-7-12(11)14(18-16)10-15(17)19/h2-3,6-7,13H,4-5,8-10H2,1H3,(H2,17,19)/t13-,16+/m1/s1. The van der Waals surface area contributed by atoms with Crippen molar-refractivity contribution in [3.05, 3.63) is 35.4 Å². The molecule has 100 valence electrons. The van der Waals surface area contributed by atoms with Gasteiger partial charge in [-0.1, -0.05) is 37.1 Å². The van der Waals surface area contributed by atoms with E-state index in [-0.39, 0.29) is 17.9 Å². The van der Waals surface area contributed by atoms with Crippen molar-refractivity contribution in [1.29, 1.82) is 0 Å². The molecule has 1 amide bonds. The second-order valence-corrected chi connectivity index (χ2v) is 5.94. The first-order valence-electron chi connectivity index (χ1n) is 7.06. The molecule has 3 rings (SSSR count). The van der Waals surface area contributed by atoms with Gasteiger partial charge in [-0.25, -0.2) is 0 Å². The molecular formula is C16H20N2O. The Bertz CT molecular complexity index is 549. The molecule has 2 aliphatic rings. The summed E-state index contributed by atoms with van der Waals surface area (Å²) in [7, 11) is 0. The highest BCUT2D eigenvalue weighted by atomic mass is 16.1. The average molecular weight is 256 g/mol. The molecule has 0 saturated heterocycles. The van der Waals surface area contributed by atoms with Crippen molar-refractivity contribution >= 4 is 11.6 Å². The first-order valence-corrected chi connectivity index (χ1v) is 7.06. The zero-order chi connectivity index (χ0) is 13.5. The van der Waals surface area contributed by atoms with Gasteiger partial charge in [-0.2, -0.15) is 0 Å². The Morgan fingerprint density at radius 1 is 1.42 bits per heavy atom. The Balaban J connectivity index is 2.11. The molecule has 19 heavy (non-hydrogen) atoms. The number of carbonyl (C=O) groups excluding carboxylic acids is 1. The molecule has 1 fully saturated rings. The number of nitrogens with zero attached hydrogens (tertiary/aromatic N) is 1. The second kappa shape index (κ2) is 4.48. The molecule has 1 aromatic rings. The van der Waals surface area contributed by atoms with E-state index in [4.69, 9.17) is 10.7 Å². The number of aliphatic imine (C=N–C) groups is 1. The van der Waals surface area contributed by atoms with Crippen molar-refractivity contribution in [2.24, 2.45) is 10.7 Å². The first kappa shape index (κ1) is 12.4. The topological polar surface area (TPSA) is 55.5 Å². The Morgan fingerprint density at radius 2 is 2.21 bits per heavy atom. The van der Waals surface area contributed by atoms with E-state index in [0.717, 1.165) is 17.7 Å². The SMILES string of the molecule is C[C@]12CCCC[C@@H]1c1ccccc1C(CC(N)=O)=N2. The van der Waals surface area contributed by atoms with Gasteiger partial charge in [0.05, 0.1) is 17.7 Å². The first-order chi connectivity index (χ1) is 9.10. The molecule has 2 N–H and O–H groups in total. The molecule has 0 spiro atoms. The van der Waals surface area contributed by atoms with E-state index >= 15 is 0 Å². The zero-order valence-electron chi connectivity index (χ0n) is 11.4. The molecule has 0 aromatic heterocycles. The van der Waals surface area contributed by atoms with Crippen LogP contribution in [0.15, 0.2) is 29.3 Å². The van der Waals surface area contributed by atoms with Crippen molar-refractivity contribution in [2.75, 3.05) is 0 Å². The number of fused-ring (bicyclic) bond motifs is 3. The molecule has 3 nitrogen and oxygen atoms in total. The van der Waals surface area contributed by atoms with E-state index in [1.165, 1.54) is 24.8 Å². The fraction of sp³-hybridized carbons (Fsp3) is 0.500. The second-order valence-electron chi connectivity index (χ2n) is 5.94. The molecule has 0 radical (unpaired) electrons. The lowest BCUT2D eigenvalue weighted by Crippen LogP contribution is -2.40. The van der Waals surface area contributed by atoms with Crippen molar-refractivity contribution < 1.29 is 4.79 Å². The van der Waals surface area contributed by atoms with Crippen LogP contribution in [0.25, 0.3) is 0 Å². The van der Waals surface area contributed by atoms with Gasteiger partial charge in [0.25, 0.3) is 0 Å². The minimum atomic E-state index is -0.300. The van der Waals surface area contributed by atoms with Gasteiger partial charge >= 0.3 is 0 Å². The number of benzene rings is 1. The number of carbonyl (C=O) groups is 1. The van der Waals surface area contributed by atoms with Gasteiger partial charge < -0.3 is 5.73 Å². The van der Waals surface area contributed by atoms with Crippen LogP contribution in [-0.2, 0) is 4.79 Å². The van der Waals surface area contributed by atoms with Gasteiger partial charge in [0.1, 0.15) is 0 Å². The summed E-state index contributed by atoms with van der Waals surface area (Å²) in [6.45, 7) is 2.23. The van der Waals surface area contributed by atoms with E-state index in [2.05, 4.69) is 25.1 Å². The number of hydrogen-bond donors (Lipinski definition) is 1. The molecule has 3 heteroatoms. The Labute approximate surface area is 113 Å². The van der Waals surface area contributed by atoms with E-state index in [1.807, 2.05) is 6.07 Å². The largest absolute Gasteiger partial charge is 0.369 e. The number of rotatable bonds is 2. The fourth-order valence-electron chi connectivity index (χ4n) is 3.67. The lowest BCUT2D eigenvalue weighted by atomic mass is 9.67. The maximum absolute atomic E-state index is 11.3. The molecule has 2 atom stereocenters. The van der Waals surface area contributed by atoms with Crippen molar-refractivity contribution in [1.82, 2.24) is 0 Å².